The van der Waals surface area contributed by atoms with Crippen molar-refractivity contribution in [1.29, 1.82) is 0 Å². The third kappa shape index (κ3) is 5.30. The van der Waals surface area contributed by atoms with Crippen molar-refractivity contribution in [2.75, 3.05) is 0 Å². The highest BCUT2D eigenvalue weighted by atomic mass is 14.7. The molecular weight excluding hydrogens is 520 g/mol. The highest BCUT2D eigenvalue weighted by Gasteiger charge is 2.24. The normalized spacial score (nSPS) is 12.3. The fourth-order valence-electron chi connectivity index (χ4n) is 6.73. The second kappa shape index (κ2) is 10.7. The zero-order valence-corrected chi connectivity index (χ0v) is 28.6. The van der Waals surface area contributed by atoms with E-state index in [1.165, 1.54) is 71.6 Å². The Kier molecular flexibility index (Phi) is 7.66. The fraction of sp³-hybridized carbons (Fsp3) is 0.366. The SMILES string of the molecule is Cc1cc2c(C(C)(C)C)c3cccc(C)c3nc2c(C)c1C.Cc1ccc2nc3c(C)cccc3c(C(C)(C)C)c2c1C. The van der Waals surface area contributed by atoms with Crippen LogP contribution in [0, 0.1) is 48.5 Å². The van der Waals surface area contributed by atoms with Crippen LogP contribution in [0.2, 0.25) is 0 Å². The monoisotopic (exact) mass is 568 g/mol. The summed E-state index contributed by atoms with van der Waals surface area (Å²) in [6.07, 6.45) is 0. The second-order valence-electron chi connectivity index (χ2n) is 14.7. The molecule has 0 spiro atoms. The number of fused-ring (bicyclic) bond motifs is 4. The summed E-state index contributed by atoms with van der Waals surface area (Å²) in [7, 11) is 0. The van der Waals surface area contributed by atoms with Gasteiger partial charge < -0.3 is 0 Å². The summed E-state index contributed by atoms with van der Waals surface area (Å²) >= 11 is 0. The molecule has 0 aliphatic heterocycles. The summed E-state index contributed by atoms with van der Waals surface area (Å²) in [5.74, 6) is 0. The number of nitrogens with zero attached hydrogens (tertiary/aromatic N) is 2. The maximum atomic E-state index is 5.05. The van der Waals surface area contributed by atoms with E-state index in [4.69, 9.17) is 9.97 Å². The Hall–Kier alpha value is -3.78. The van der Waals surface area contributed by atoms with Crippen molar-refractivity contribution in [1.82, 2.24) is 9.97 Å². The lowest BCUT2D eigenvalue weighted by Gasteiger charge is -2.25. The highest BCUT2D eigenvalue weighted by Crippen LogP contribution is 2.40. The van der Waals surface area contributed by atoms with Crippen molar-refractivity contribution in [3.8, 4) is 0 Å². The van der Waals surface area contributed by atoms with Crippen LogP contribution in [0.1, 0.15) is 91.6 Å². The lowest BCUT2D eigenvalue weighted by molar-refractivity contribution is 0.600. The Balaban J connectivity index is 0.000000171. The summed E-state index contributed by atoms with van der Waals surface area (Å²) in [6, 6.07) is 19.7. The van der Waals surface area contributed by atoms with E-state index >= 15 is 0 Å². The zero-order chi connectivity index (χ0) is 31.6. The quantitative estimate of drug-likeness (QED) is 0.170. The van der Waals surface area contributed by atoms with E-state index in [2.05, 4.69) is 145 Å². The number of para-hydroxylation sites is 2. The topological polar surface area (TPSA) is 25.8 Å². The van der Waals surface area contributed by atoms with Gasteiger partial charge in [0.05, 0.1) is 22.1 Å². The van der Waals surface area contributed by atoms with Gasteiger partial charge in [-0.25, -0.2) is 9.97 Å². The first kappa shape index (κ1) is 30.7. The Morgan fingerprint density at radius 3 is 1.53 bits per heavy atom. The molecule has 0 aliphatic rings. The summed E-state index contributed by atoms with van der Waals surface area (Å²) in [4.78, 5) is 10.0. The van der Waals surface area contributed by atoms with E-state index < -0.39 is 0 Å². The van der Waals surface area contributed by atoms with Crippen LogP contribution < -0.4 is 0 Å². The predicted molar refractivity (Wildman–Crippen MR) is 189 cm³/mol. The molecular formula is C41H48N2. The summed E-state index contributed by atoms with van der Waals surface area (Å²) < 4.78 is 0. The molecule has 0 aliphatic carbocycles. The molecule has 0 N–H and O–H groups in total. The molecule has 0 radical (unpaired) electrons. The fourth-order valence-corrected chi connectivity index (χ4v) is 6.73. The molecule has 2 nitrogen and oxygen atoms in total. The van der Waals surface area contributed by atoms with E-state index in [0.717, 1.165) is 22.1 Å². The van der Waals surface area contributed by atoms with Crippen molar-refractivity contribution >= 4 is 43.6 Å². The minimum absolute atomic E-state index is 0.0847. The molecule has 6 aromatic rings. The van der Waals surface area contributed by atoms with Crippen molar-refractivity contribution in [3.63, 3.8) is 0 Å². The van der Waals surface area contributed by atoms with Gasteiger partial charge in [0.25, 0.3) is 0 Å². The molecule has 43 heavy (non-hydrogen) atoms. The number of pyridine rings is 2. The Morgan fingerprint density at radius 2 is 0.977 bits per heavy atom. The molecule has 4 aromatic carbocycles. The van der Waals surface area contributed by atoms with Crippen LogP contribution in [0.15, 0.2) is 54.6 Å². The summed E-state index contributed by atoms with van der Waals surface area (Å²) in [6.45, 7) is 29.1. The molecule has 0 saturated heterocycles. The van der Waals surface area contributed by atoms with Crippen molar-refractivity contribution in [2.45, 2.75) is 101 Å². The molecule has 6 rings (SSSR count). The van der Waals surface area contributed by atoms with Gasteiger partial charge in [-0.3, -0.25) is 0 Å². The smallest absolute Gasteiger partial charge is 0.0744 e. The van der Waals surface area contributed by atoms with Gasteiger partial charge in [0.1, 0.15) is 0 Å². The number of aryl methyl sites for hydroxylation is 6. The Bertz CT molecular complexity index is 2050. The van der Waals surface area contributed by atoms with Crippen molar-refractivity contribution in [3.05, 3.63) is 105 Å². The Labute approximate surface area is 258 Å². The molecule has 2 heteroatoms. The molecule has 2 aromatic heterocycles. The van der Waals surface area contributed by atoms with Gasteiger partial charge in [-0.05, 0) is 121 Å². The third-order valence-corrected chi connectivity index (χ3v) is 9.33. The van der Waals surface area contributed by atoms with Gasteiger partial charge in [-0.1, -0.05) is 84.0 Å². The minimum atomic E-state index is 0.0847. The van der Waals surface area contributed by atoms with Crippen molar-refractivity contribution in [2.24, 2.45) is 0 Å². The number of hydrogen-bond donors (Lipinski definition) is 0. The zero-order valence-electron chi connectivity index (χ0n) is 28.6. The van der Waals surface area contributed by atoms with E-state index in [0.29, 0.717) is 0 Å². The first-order valence-electron chi connectivity index (χ1n) is 15.6. The van der Waals surface area contributed by atoms with Crippen LogP contribution in [0.25, 0.3) is 43.6 Å². The predicted octanol–water partition coefficient (Wildman–Crippen LogP) is 11.5. The molecule has 2 heterocycles. The molecule has 0 fully saturated rings. The first-order valence-corrected chi connectivity index (χ1v) is 15.6. The number of hydrogen-bond acceptors (Lipinski definition) is 2. The van der Waals surface area contributed by atoms with Crippen LogP contribution in [0.4, 0.5) is 0 Å². The van der Waals surface area contributed by atoms with Gasteiger partial charge in [0.15, 0.2) is 0 Å². The molecule has 0 unspecified atom stereocenters. The van der Waals surface area contributed by atoms with E-state index in [9.17, 15) is 0 Å². The molecule has 222 valence electrons. The third-order valence-electron chi connectivity index (χ3n) is 9.33. The molecule has 0 saturated carbocycles. The van der Waals surface area contributed by atoms with Gasteiger partial charge in [0, 0.05) is 21.5 Å². The summed E-state index contributed by atoms with van der Waals surface area (Å²) in [5.41, 5.74) is 16.8. The molecule has 0 amide bonds. The lowest BCUT2D eigenvalue weighted by Crippen LogP contribution is -2.14. The first-order chi connectivity index (χ1) is 20.0. The largest absolute Gasteiger partial charge is 0.247 e. The van der Waals surface area contributed by atoms with Gasteiger partial charge in [-0.15, -0.1) is 0 Å². The maximum absolute atomic E-state index is 5.05. The molecule has 0 bridgehead atoms. The van der Waals surface area contributed by atoms with Crippen LogP contribution in [0.5, 0.6) is 0 Å². The number of rotatable bonds is 0. The standard InChI is InChI=1S/C21H25N.C20H23N/c1-12-9-8-10-16-18(21(5,6)7)17-11-13(2)14(3)15(4)20(17)22-19(12)16;1-12-10-11-16-17(14(12)3)18(20(4,5)6)15-9-7-8-13(2)19(15)21-16/h8-11H,1-7H3;7-11H,1-6H3. The van der Waals surface area contributed by atoms with E-state index in [1.807, 2.05) is 0 Å². The van der Waals surface area contributed by atoms with Crippen LogP contribution in [-0.4, -0.2) is 9.97 Å². The van der Waals surface area contributed by atoms with Crippen LogP contribution in [-0.2, 0) is 10.8 Å². The average Bonchev–Trinajstić information content (AvgIpc) is 2.92. The lowest BCUT2D eigenvalue weighted by atomic mass is 9.80. The van der Waals surface area contributed by atoms with Crippen LogP contribution in [0.3, 0.4) is 0 Å². The number of aromatic nitrogens is 2. The average molecular weight is 569 g/mol. The van der Waals surface area contributed by atoms with Crippen LogP contribution >= 0.6 is 0 Å². The van der Waals surface area contributed by atoms with E-state index in [1.54, 1.807) is 0 Å². The second-order valence-corrected chi connectivity index (χ2v) is 14.7. The minimum Gasteiger partial charge on any atom is -0.247 e. The maximum Gasteiger partial charge on any atom is 0.0744 e. The van der Waals surface area contributed by atoms with Gasteiger partial charge in [0.2, 0.25) is 0 Å². The van der Waals surface area contributed by atoms with Crippen molar-refractivity contribution < 1.29 is 0 Å². The highest BCUT2D eigenvalue weighted by molar-refractivity contribution is 6.02. The van der Waals surface area contributed by atoms with Gasteiger partial charge >= 0.3 is 0 Å². The molecule has 0 atom stereocenters. The Morgan fingerprint density at radius 1 is 0.442 bits per heavy atom. The van der Waals surface area contributed by atoms with Gasteiger partial charge in [-0.2, -0.15) is 0 Å². The summed E-state index contributed by atoms with van der Waals surface area (Å²) in [5, 5.41) is 5.23. The van der Waals surface area contributed by atoms with E-state index in [-0.39, 0.29) is 10.8 Å². The number of benzene rings is 4.